The third kappa shape index (κ3) is 2.69. The predicted molar refractivity (Wildman–Crippen MR) is 32.3 cm³/mol. The number of sulfonamides is 1. The molecule has 2 radical (unpaired) electrons. The van der Waals surface area contributed by atoms with Crippen molar-refractivity contribution in [1.82, 2.24) is 4.72 Å². The SMILES string of the molecule is N#CC1=C(O)C(=O)NS1(=O)=O.[Ag].[Ag]. The summed E-state index contributed by atoms with van der Waals surface area (Å²) in [4.78, 5) is 9.48. The normalized spacial score (nSPS) is 17.9. The van der Waals surface area contributed by atoms with Gasteiger partial charge in [0.1, 0.15) is 6.07 Å². The molecule has 1 amide bonds. The first-order valence-corrected chi connectivity index (χ1v) is 3.88. The number of nitrogens with one attached hydrogen (secondary N) is 1. The summed E-state index contributed by atoms with van der Waals surface area (Å²) in [5.41, 5.74) is 0. The van der Waals surface area contributed by atoms with E-state index in [1.165, 1.54) is 10.8 Å². The largest absolute Gasteiger partial charge is 0.502 e. The van der Waals surface area contributed by atoms with Crippen LogP contribution in [0.15, 0.2) is 10.7 Å². The fourth-order valence-corrected chi connectivity index (χ4v) is 1.48. The number of amides is 1. The van der Waals surface area contributed by atoms with Gasteiger partial charge in [0.05, 0.1) is 0 Å². The number of aliphatic hydroxyl groups excluding tert-OH is 1. The standard InChI is InChI=1S/C4H2N2O4S.2Ag/c5-1-2-3(7)4(8)6-11(2,9)10;;/h7H,(H,6,8);;. The Morgan fingerprint density at radius 3 is 2.00 bits per heavy atom. The van der Waals surface area contributed by atoms with Gasteiger partial charge in [-0.25, -0.2) is 13.1 Å². The molecule has 0 fully saturated rings. The molecule has 13 heavy (non-hydrogen) atoms. The zero-order chi connectivity index (χ0) is 8.65. The van der Waals surface area contributed by atoms with E-state index in [4.69, 9.17) is 10.4 Å². The minimum absolute atomic E-state index is 0. The summed E-state index contributed by atoms with van der Waals surface area (Å²) in [7, 11) is -4.07. The van der Waals surface area contributed by atoms with Crippen LogP contribution < -0.4 is 4.72 Å². The van der Waals surface area contributed by atoms with Crippen LogP contribution in [0.1, 0.15) is 0 Å². The summed E-state index contributed by atoms with van der Waals surface area (Å²) in [6, 6.07) is 1.19. The van der Waals surface area contributed by atoms with Gasteiger partial charge in [-0.2, -0.15) is 5.26 Å². The minimum atomic E-state index is -4.07. The van der Waals surface area contributed by atoms with Gasteiger partial charge in [0, 0.05) is 44.8 Å². The van der Waals surface area contributed by atoms with Crippen molar-refractivity contribution in [2.75, 3.05) is 0 Å². The Morgan fingerprint density at radius 1 is 1.38 bits per heavy atom. The number of nitriles is 1. The molecule has 0 bridgehead atoms. The van der Waals surface area contributed by atoms with E-state index in [-0.39, 0.29) is 44.8 Å². The second-order valence-electron chi connectivity index (χ2n) is 1.72. The Hall–Kier alpha value is -0.0695. The average Bonchev–Trinajstić information content (AvgIpc) is 2.03. The van der Waals surface area contributed by atoms with Crippen LogP contribution >= 0.6 is 0 Å². The van der Waals surface area contributed by atoms with Crippen LogP contribution in [0.3, 0.4) is 0 Å². The van der Waals surface area contributed by atoms with Crippen molar-refractivity contribution in [3.05, 3.63) is 10.7 Å². The van der Waals surface area contributed by atoms with E-state index < -0.39 is 26.6 Å². The molecule has 2 N–H and O–H groups in total. The van der Waals surface area contributed by atoms with Gasteiger partial charge in [-0.1, -0.05) is 0 Å². The molecule has 0 saturated carbocycles. The summed E-state index contributed by atoms with van der Waals surface area (Å²) < 4.78 is 22.7. The second-order valence-corrected chi connectivity index (χ2v) is 3.34. The monoisotopic (exact) mass is 388 g/mol. The number of hydrogen-bond acceptors (Lipinski definition) is 5. The molecule has 1 rings (SSSR count). The molecule has 0 aromatic carbocycles. The van der Waals surface area contributed by atoms with Crippen LogP contribution in [0.25, 0.3) is 0 Å². The fourth-order valence-electron chi connectivity index (χ4n) is 0.565. The maximum absolute atomic E-state index is 10.6. The average molecular weight is 390 g/mol. The number of carbonyl (C=O) groups is 1. The van der Waals surface area contributed by atoms with E-state index in [9.17, 15) is 13.2 Å². The fraction of sp³-hybridized carbons (Fsp3) is 0. The number of allylic oxidation sites excluding steroid dienone is 1. The van der Waals surface area contributed by atoms with Crippen molar-refractivity contribution in [3.63, 3.8) is 0 Å². The number of rotatable bonds is 0. The van der Waals surface area contributed by atoms with Crippen molar-refractivity contribution < 1.29 is 63.1 Å². The molecule has 9 heteroatoms. The molecule has 80 valence electrons. The Labute approximate surface area is 105 Å². The van der Waals surface area contributed by atoms with Crippen molar-refractivity contribution in [1.29, 1.82) is 5.26 Å². The van der Waals surface area contributed by atoms with Gasteiger partial charge in [-0.05, 0) is 0 Å². The molecular formula is C4H2Ag2N2O4S. The smallest absolute Gasteiger partial charge is 0.302 e. The summed E-state index contributed by atoms with van der Waals surface area (Å²) in [5.74, 6) is -2.21. The van der Waals surface area contributed by atoms with Gasteiger partial charge in [-0.15, -0.1) is 0 Å². The van der Waals surface area contributed by atoms with Crippen molar-refractivity contribution in [2.45, 2.75) is 0 Å². The quantitative estimate of drug-likeness (QED) is 0.502. The van der Waals surface area contributed by atoms with E-state index in [0.29, 0.717) is 0 Å². The first kappa shape index (κ1) is 15.4. The molecule has 0 saturated heterocycles. The maximum Gasteiger partial charge on any atom is 0.302 e. The molecule has 0 aromatic heterocycles. The van der Waals surface area contributed by atoms with Gasteiger partial charge >= 0.3 is 5.91 Å². The van der Waals surface area contributed by atoms with Gasteiger partial charge in [0.15, 0.2) is 0 Å². The number of aliphatic hydroxyl groups is 1. The molecule has 1 heterocycles. The molecule has 0 atom stereocenters. The van der Waals surface area contributed by atoms with Gasteiger partial charge in [0.25, 0.3) is 10.0 Å². The zero-order valence-corrected chi connectivity index (χ0v) is 9.41. The van der Waals surface area contributed by atoms with Gasteiger partial charge in [0.2, 0.25) is 10.7 Å². The van der Waals surface area contributed by atoms with Crippen molar-refractivity contribution in [2.24, 2.45) is 0 Å². The van der Waals surface area contributed by atoms with E-state index in [1.54, 1.807) is 0 Å². The van der Waals surface area contributed by atoms with E-state index in [2.05, 4.69) is 0 Å². The minimum Gasteiger partial charge on any atom is -0.502 e. The van der Waals surface area contributed by atoms with Crippen molar-refractivity contribution >= 4 is 15.9 Å². The van der Waals surface area contributed by atoms with Crippen molar-refractivity contribution in [3.8, 4) is 6.07 Å². The van der Waals surface area contributed by atoms with Crippen LogP contribution in [0, 0.1) is 11.3 Å². The van der Waals surface area contributed by atoms with Crippen LogP contribution in [-0.2, 0) is 59.6 Å². The molecule has 0 aromatic rings. The molecule has 0 unspecified atom stereocenters. The Bertz CT molecular complexity index is 393. The van der Waals surface area contributed by atoms with Crippen LogP contribution in [-0.4, -0.2) is 19.4 Å². The Balaban J connectivity index is 0. The molecule has 0 aliphatic carbocycles. The summed E-state index contributed by atoms with van der Waals surface area (Å²) in [6.07, 6.45) is 0. The van der Waals surface area contributed by atoms with E-state index >= 15 is 0 Å². The second kappa shape index (κ2) is 4.97. The Morgan fingerprint density at radius 2 is 1.85 bits per heavy atom. The summed E-state index contributed by atoms with van der Waals surface area (Å²) in [6.45, 7) is 0. The Kier molecular flexibility index (Phi) is 5.89. The number of carbonyl (C=O) groups excluding carboxylic acids is 1. The first-order valence-electron chi connectivity index (χ1n) is 2.39. The van der Waals surface area contributed by atoms with Gasteiger partial charge in [-0.3, -0.25) is 4.79 Å². The molecule has 0 spiro atoms. The number of nitrogens with zero attached hydrogens (tertiary/aromatic N) is 1. The predicted octanol–water partition coefficient (Wildman–Crippen LogP) is -1.27. The summed E-state index contributed by atoms with van der Waals surface area (Å²) in [5, 5.41) is 16.8. The van der Waals surface area contributed by atoms with E-state index in [0.717, 1.165) is 0 Å². The molecule has 1 aliphatic rings. The van der Waals surface area contributed by atoms with Crippen LogP contribution in [0.4, 0.5) is 0 Å². The van der Waals surface area contributed by atoms with E-state index in [1.807, 2.05) is 0 Å². The third-order valence-corrected chi connectivity index (χ3v) is 2.30. The molecule has 1 aliphatic heterocycles. The van der Waals surface area contributed by atoms with Gasteiger partial charge < -0.3 is 5.11 Å². The van der Waals surface area contributed by atoms with Crippen LogP contribution in [0.2, 0.25) is 0 Å². The molecule has 6 nitrogen and oxygen atoms in total. The maximum atomic E-state index is 10.6. The first-order chi connectivity index (χ1) is 4.99. The zero-order valence-electron chi connectivity index (χ0n) is 5.63. The number of hydrogen-bond donors (Lipinski definition) is 2. The summed E-state index contributed by atoms with van der Waals surface area (Å²) >= 11 is 0. The third-order valence-electron chi connectivity index (χ3n) is 1.03. The van der Waals surface area contributed by atoms with Crippen LogP contribution in [0.5, 0.6) is 0 Å². The topological polar surface area (TPSA) is 107 Å². The molecular weight excluding hydrogens is 388 g/mol.